The van der Waals surface area contributed by atoms with Crippen LogP contribution >= 0.6 is 0 Å². The van der Waals surface area contributed by atoms with Crippen LogP contribution in [0.2, 0.25) is 0 Å². The standard InChI is InChI=1S/C9H12N2O2/c1-6-3-2-4-7(9(6)13)11-8(12)5-10/h2-4,13H,5,10H2,1H3,(H,11,12). The van der Waals surface area contributed by atoms with Gasteiger partial charge in [0, 0.05) is 0 Å². The first kappa shape index (κ1) is 9.54. The maximum absolute atomic E-state index is 10.9. The first-order valence-corrected chi connectivity index (χ1v) is 3.93. The zero-order valence-electron chi connectivity index (χ0n) is 7.37. The summed E-state index contributed by atoms with van der Waals surface area (Å²) in [5, 5.41) is 12.0. The number of phenols is 1. The number of hydrogen-bond acceptors (Lipinski definition) is 3. The number of rotatable bonds is 2. The van der Waals surface area contributed by atoms with Gasteiger partial charge in [-0.05, 0) is 18.6 Å². The second kappa shape index (κ2) is 3.91. The van der Waals surface area contributed by atoms with Gasteiger partial charge >= 0.3 is 0 Å². The Hall–Kier alpha value is -1.55. The number of nitrogens with two attached hydrogens (primary N) is 1. The van der Waals surface area contributed by atoms with Crippen molar-refractivity contribution in [2.75, 3.05) is 11.9 Å². The lowest BCUT2D eigenvalue weighted by molar-refractivity contribution is -0.114. The molecule has 0 atom stereocenters. The maximum Gasteiger partial charge on any atom is 0.238 e. The average molecular weight is 180 g/mol. The lowest BCUT2D eigenvalue weighted by Crippen LogP contribution is -2.21. The third-order valence-corrected chi connectivity index (χ3v) is 1.70. The highest BCUT2D eigenvalue weighted by Gasteiger charge is 2.05. The lowest BCUT2D eigenvalue weighted by Gasteiger charge is -2.07. The van der Waals surface area contributed by atoms with Gasteiger partial charge in [-0.25, -0.2) is 0 Å². The Morgan fingerprint density at radius 1 is 1.62 bits per heavy atom. The van der Waals surface area contributed by atoms with E-state index in [2.05, 4.69) is 5.32 Å². The Bertz CT molecular complexity index is 323. The molecular formula is C9H12N2O2. The molecule has 70 valence electrons. The zero-order valence-corrected chi connectivity index (χ0v) is 7.37. The van der Waals surface area contributed by atoms with Crippen LogP contribution in [0, 0.1) is 6.92 Å². The van der Waals surface area contributed by atoms with Crippen molar-refractivity contribution in [1.82, 2.24) is 0 Å². The summed E-state index contributed by atoms with van der Waals surface area (Å²) in [5.74, 6) is -0.231. The number of amides is 1. The lowest BCUT2D eigenvalue weighted by atomic mass is 10.2. The van der Waals surface area contributed by atoms with Crippen LogP contribution in [0.1, 0.15) is 5.56 Å². The van der Waals surface area contributed by atoms with E-state index in [9.17, 15) is 9.90 Å². The van der Waals surface area contributed by atoms with E-state index in [0.29, 0.717) is 5.69 Å². The molecule has 1 amide bonds. The zero-order chi connectivity index (χ0) is 9.84. The van der Waals surface area contributed by atoms with E-state index in [4.69, 9.17) is 5.73 Å². The Morgan fingerprint density at radius 2 is 2.31 bits per heavy atom. The highest BCUT2D eigenvalue weighted by molar-refractivity contribution is 5.93. The van der Waals surface area contributed by atoms with Gasteiger partial charge in [-0.15, -0.1) is 0 Å². The number of nitrogens with one attached hydrogen (secondary N) is 1. The van der Waals surface area contributed by atoms with E-state index < -0.39 is 0 Å². The van der Waals surface area contributed by atoms with Gasteiger partial charge in [0.05, 0.1) is 12.2 Å². The summed E-state index contributed by atoms with van der Waals surface area (Å²) in [7, 11) is 0. The summed E-state index contributed by atoms with van der Waals surface area (Å²) in [6, 6.07) is 5.13. The van der Waals surface area contributed by atoms with Crippen molar-refractivity contribution in [3.8, 4) is 5.75 Å². The Morgan fingerprint density at radius 3 is 2.92 bits per heavy atom. The van der Waals surface area contributed by atoms with E-state index in [0.717, 1.165) is 5.56 Å². The minimum Gasteiger partial charge on any atom is -0.505 e. The highest BCUT2D eigenvalue weighted by atomic mass is 16.3. The molecular weight excluding hydrogens is 168 g/mol. The number of carbonyl (C=O) groups excluding carboxylic acids is 1. The first-order chi connectivity index (χ1) is 6.15. The molecule has 0 unspecified atom stereocenters. The molecule has 13 heavy (non-hydrogen) atoms. The summed E-state index contributed by atoms with van der Waals surface area (Å²) in [4.78, 5) is 10.9. The van der Waals surface area contributed by atoms with Gasteiger partial charge in [-0.3, -0.25) is 4.79 Å². The van der Waals surface area contributed by atoms with E-state index in [1.807, 2.05) is 0 Å². The summed E-state index contributed by atoms with van der Waals surface area (Å²) in [5.41, 5.74) is 6.23. The molecule has 0 fully saturated rings. The molecule has 0 aliphatic carbocycles. The van der Waals surface area contributed by atoms with Crippen LogP contribution in [0.3, 0.4) is 0 Å². The molecule has 0 aromatic heterocycles. The Balaban J connectivity index is 2.89. The molecule has 1 rings (SSSR count). The fourth-order valence-electron chi connectivity index (χ4n) is 0.961. The maximum atomic E-state index is 10.9. The Kier molecular flexibility index (Phi) is 2.87. The number of aromatic hydroxyl groups is 1. The molecule has 0 saturated heterocycles. The van der Waals surface area contributed by atoms with Crippen LogP contribution < -0.4 is 11.1 Å². The number of aryl methyl sites for hydroxylation is 1. The van der Waals surface area contributed by atoms with Crippen LogP contribution in [-0.4, -0.2) is 17.6 Å². The molecule has 4 heteroatoms. The quantitative estimate of drug-likeness (QED) is 0.583. The second-order valence-corrected chi connectivity index (χ2v) is 2.72. The number of carbonyl (C=O) groups is 1. The summed E-state index contributed by atoms with van der Waals surface area (Å²) in [6.45, 7) is 1.67. The summed E-state index contributed by atoms with van der Waals surface area (Å²) in [6.07, 6.45) is 0. The topological polar surface area (TPSA) is 75.4 Å². The van der Waals surface area contributed by atoms with Crippen molar-refractivity contribution in [2.24, 2.45) is 5.73 Å². The van der Waals surface area contributed by atoms with Crippen molar-refractivity contribution in [1.29, 1.82) is 0 Å². The van der Waals surface area contributed by atoms with Crippen LogP contribution in [-0.2, 0) is 4.79 Å². The monoisotopic (exact) mass is 180 g/mol. The molecule has 4 N–H and O–H groups in total. The summed E-state index contributed by atoms with van der Waals surface area (Å²) < 4.78 is 0. The van der Waals surface area contributed by atoms with Crippen LogP contribution in [0.5, 0.6) is 5.75 Å². The number of phenolic OH excluding ortho intramolecular Hbond substituents is 1. The van der Waals surface area contributed by atoms with Gasteiger partial charge < -0.3 is 16.2 Å². The minimum atomic E-state index is -0.319. The Labute approximate surface area is 76.4 Å². The number of anilines is 1. The smallest absolute Gasteiger partial charge is 0.238 e. The fourth-order valence-corrected chi connectivity index (χ4v) is 0.961. The van der Waals surface area contributed by atoms with E-state index in [1.54, 1.807) is 25.1 Å². The van der Waals surface area contributed by atoms with Gasteiger partial charge in [0.15, 0.2) is 0 Å². The second-order valence-electron chi connectivity index (χ2n) is 2.72. The summed E-state index contributed by atoms with van der Waals surface area (Å²) >= 11 is 0. The van der Waals surface area contributed by atoms with E-state index >= 15 is 0 Å². The molecule has 1 aromatic rings. The van der Waals surface area contributed by atoms with Gasteiger partial charge in [0.25, 0.3) is 0 Å². The highest BCUT2D eigenvalue weighted by Crippen LogP contribution is 2.26. The van der Waals surface area contributed by atoms with Gasteiger partial charge in [-0.2, -0.15) is 0 Å². The van der Waals surface area contributed by atoms with Crippen molar-refractivity contribution >= 4 is 11.6 Å². The fraction of sp³-hybridized carbons (Fsp3) is 0.222. The predicted octanol–water partition coefficient (Wildman–Crippen LogP) is 0.598. The van der Waals surface area contributed by atoms with Gasteiger partial charge in [-0.1, -0.05) is 12.1 Å². The van der Waals surface area contributed by atoms with Crippen LogP contribution in [0.4, 0.5) is 5.69 Å². The van der Waals surface area contributed by atoms with Crippen molar-refractivity contribution < 1.29 is 9.90 Å². The predicted molar refractivity (Wildman–Crippen MR) is 50.5 cm³/mol. The molecule has 0 heterocycles. The van der Waals surface area contributed by atoms with Crippen molar-refractivity contribution in [3.05, 3.63) is 23.8 Å². The first-order valence-electron chi connectivity index (χ1n) is 3.93. The number of para-hydroxylation sites is 1. The SMILES string of the molecule is Cc1cccc(NC(=O)CN)c1O. The molecule has 0 bridgehead atoms. The van der Waals surface area contributed by atoms with Gasteiger partial charge in [0.2, 0.25) is 5.91 Å². The van der Waals surface area contributed by atoms with Gasteiger partial charge in [0.1, 0.15) is 5.75 Å². The van der Waals surface area contributed by atoms with E-state index in [1.165, 1.54) is 0 Å². The molecule has 0 radical (unpaired) electrons. The normalized spacial score (nSPS) is 9.69. The number of hydrogen-bond donors (Lipinski definition) is 3. The molecule has 0 spiro atoms. The largest absolute Gasteiger partial charge is 0.505 e. The molecule has 4 nitrogen and oxygen atoms in total. The van der Waals surface area contributed by atoms with Crippen molar-refractivity contribution in [2.45, 2.75) is 6.92 Å². The molecule has 0 aliphatic heterocycles. The molecule has 0 saturated carbocycles. The molecule has 0 aliphatic rings. The van der Waals surface area contributed by atoms with Crippen molar-refractivity contribution in [3.63, 3.8) is 0 Å². The minimum absolute atomic E-state index is 0.0873. The van der Waals surface area contributed by atoms with Crippen LogP contribution in [0.15, 0.2) is 18.2 Å². The molecule has 1 aromatic carbocycles. The van der Waals surface area contributed by atoms with Crippen LogP contribution in [0.25, 0.3) is 0 Å². The third kappa shape index (κ3) is 2.19. The average Bonchev–Trinajstić information content (AvgIpc) is 2.13. The third-order valence-electron chi connectivity index (χ3n) is 1.70. The number of benzene rings is 1. The van der Waals surface area contributed by atoms with E-state index in [-0.39, 0.29) is 18.2 Å².